The first-order valence-electron chi connectivity index (χ1n) is 2.82. The van der Waals surface area contributed by atoms with E-state index in [0.29, 0.717) is 0 Å². The Labute approximate surface area is 65.5 Å². The van der Waals surface area contributed by atoms with Crippen molar-refractivity contribution in [2.24, 2.45) is 0 Å². The molecule has 0 aromatic heterocycles. The van der Waals surface area contributed by atoms with E-state index < -0.39 is 0 Å². The third-order valence-corrected chi connectivity index (χ3v) is 0.957. The maximum Gasteiger partial charge on any atom is 0.00772 e. The molecule has 3 N–H and O–H groups in total. The van der Waals surface area contributed by atoms with Crippen molar-refractivity contribution in [2.45, 2.75) is 0 Å². The van der Waals surface area contributed by atoms with Gasteiger partial charge in [-0.15, -0.1) is 0 Å². The van der Waals surface area contributed by atoms with Crippen LogP contribution in [0.25, 0.3) is 0 Å². The Balaban J connectivity index is 0. The van der Waals surface area contributed by atoms with E-state index in [1.807, 2.05) is 0 Å². The Hall–Kier alpha value is -0.390. The molecule has 0 bridgehead atoms. The number of rotatable bonds is 0. The summed E-state index contributed by atoms with van der Waals surface area (Å²) in [6, 6.07) is 0. The van der Waals surface area contributed by atoms with E-state index in [1.165, 1.54) is 0 Å². The molecule has 0 saturated carbocycles. The van der Waals surface area contributed by atoms with Crippen LogP contribution in [0.15, 0.2) is 0 Å². The quantitative estimate of drug-likeness (QED) is 0.249. The first-order chi connectivity index (χ1) is 4.41. The maximum absolute atomic E-state index is 8.12. The van der Waals surface area contributed by atoms with Crippen LogP contribution in [0.4, 0.5) is 0 Å². The van der Waals surface area contributed by atoms with Crippen molar-refractivity contribution in [3.63, 3.8) is 0 Å². The van der Waals surface area contributed by atoms with E-state index >= 15 is 0 Å². The number of piperazine rings is 1. The smallest absolute Gasteiger partial charge is 0.00772 e. The summed E-state index contributed by atoms with van der Waals surface area (Å²) in [7, 11) is 0. The molecule has 1 aliphatic rings. The van der Waals surface area contributed by atoms with Crippen molar-refractivity contribution in [2.75, 3.05) is 26.2 Å². The van der Waals surface area contributed by atoms with Gasteiger partial charge >= 0.3 is 0 Å². The number of hydrogen-bond acceptors (Lipinski definition) is 4. The average molecular weight is 169 g/mol. The molecule has 62 valence electrons. The Bertz CT molecular complexity index is 58.0. The van der Waals surface area contributed by atoms with Crippen molar-refractivity contribution >= 4 is 0 Å². The van der Waals surface area contributed by atoms with Crippen LogP contribution in [0.3, 0.4) is 0 Å². The topological polar surface area (TPSA) is 78.2 Å². The molecule has 5 nitrogen and oxygen atoms in total. The predicted molar refractivity (Wildman–Crippen MR) is 33.4 cm³/mol. The van der Waals surface area contributed by atoms with Crippen molar-refractivity contribution < 1.29 is 17.7 Å². The summed E-state index contributed by atoms with van der Waals surface area (Å²) in [5, 5.41) is 14.8. The molecule has 10 heavy (non-hydrogen) atoms. The standard InChI is InChI=1S/C4H10N2.ClH.HNO2/c1-2-6-4-3-5-1;;2-1-3/h5-6H,1-4H2;1H;1H/p-1. The zero-order chi connectivity index (χ0) is 6.95. The molecule has 0 amide bonds. The summed E-state index contributed by atoms with van der Waals surface area (Å²) in [4.78, 5) is 8.12. The van der Waals surface area contributed by atoms with Crippen LogP contribution >= 0.6 is 0 Å². The molecule has 0 radical (unpaired) electrons. The van der Waals surface area contributed by atoms with Gasteiger partial charge in [0.05, 0.1) is 0 Å². The number of nitrogens with one attached hydrogen (secondary N) is 3. The molecule has 0 atom stereocenters. The molecule has 6 heteroatoms. The minimum absolute atomic E-state index is 0. The highest BCUT2D eigenvalue weighted by atomic mass is 35.5. The molecule has 0 aliphatic carbocycles. The molecular formula is C4H11ClN3O2-. The molecule has 1 aliphatic heterocycles. The number of hydrogen-bond donors (Lipinski definition) is 3. The Morgan fingerprint density at radius 2 is 1.30 bits per heavy atom. The molecule has 1 rings (SSSR count). The van der Waals surface area contributed by atoms with Gasteiger partial charge in [-0.2, -0.15) is 0 Å². The van der Waals surface area contributed by atoms with E-state index in [2.05, 4.69) is 10.6 Å². The minimum Gasteiger partial charge on any atom is -1.00 e. The first kappa shape index (κ1) is 12.3. The van der Waals surface area contributed by atoms with Gasteiger partial charge in [0.15, 0.2) is 0 Å². The van der Waals surface area contributed by atoms with Crippen molar-refractivity contribution in [1.29, 1.82) is 0 Å². The second kappa shape index (κ2) is 11.4. The summed E-state index contributed by atoms with van der Waals surface area (Å²) in [6.45, 7) is 4.56. The van der Waals surface area contributed by atoms with Crippen molar-refractivity contribution in [3.05, 3.63) is 10.1 Å². The van der Waals surface area contributed by atoms with E-state index in [1.54, 1.807) is 0 Å². The van der Waals surface area contributed by atoms with Crippen LogP contribution in [0, 0.1) is 10.1 Å². The van der Waals surface area contributed by atoms with Crippen LogP contribution in [0.2, 0.25) is 0 Å². The zero-order valence-electron chi connectivity index (χ0n) is 5.52. The lowest BCUT2D eigenvalue weighted by molar-refractivity contribution is -0.398. The lowest BCUT2D eigenvalue weighted by Crippen LogP contribution is -3.00. The highest BCUT2D eigenvalue weighted by Crippen LogP contribution is 1.65. The Morgan fingerprint density at radius 3 is 1.40 bits per heavy atom. The predicted octanol–water partition coefficient (Wildman–Crippen LogP) is -5.49. The van der Waals surface area contributed by atoms with Gasteiger partial charge < -0.3 is 23.0 Å². The molecular weight excluding hydrogens is 158 g/mol. The fraction of sp³-hybridized carbons (Fsp3) is 1.00. The fourth-order valence-corrected chi connectivity index (χ4v) is 0.604. The van der Waals surface area contributed by atoms with Crippen LogP contribution in [0.1, 0.15) is 0 Å². The Morgan fingerprint density at radius 1 is 1.10 bits per heavy atom. The van der Waals surface area contributed by atoms with Crippen molar-refractivity contribution in [3.8, 4) is 0 Å². The zero-order valence-corrected chi connectivity index (χ0v) is 6.28. The van der Waals surface area contributed by atoms with Gasteiger partial charge in [0.1, 0.15) is 0 Å². The summed E-state index contributed by atoms with van der Waals surface area (Å²) in [5.74, 6) is 0. The fourth-order valence-electron chi connectivity index (χ4n) is 0.604. The maximum atomic E-state index is 8.12. The second-order valence-corrected chi connectivity index (χ2v) is 1.58. The average Bonchev–Trinajstić information content (AvgIpc) is 1.93. The van der Waals surface area contributed by atoms with Crippen LogP contribution in [-0.4, -0.2) is 26.2 Å². The summed E-state index contributed by atoms with van der Waals surface area (Å²) in [5.41, 5.74) is 0. The van der Waals surface area contributed by atoms with Crippen LogP contribution in [-0.2, 0) is 0 Å². The molecule has 0 aromatic carbocycles. The van der Waals surface area contributed by atoms with Gasteiger partial charge in [-0.1, -0.05) is 0 Å². The van der Waals surface area contributed by atoms with Crippen LogP contribution < -0.4 is 28.4 Å². The highest BCUT2D eigenvalue weighted by molar-refractivity contribution is 4.59. The van der Waals surface area contributed by atoms with Gasteiger partial charge in [0, 0.05) is 31.5 Å². The molecule has 1 heterocycles. The third-order valence-electron chi connectivity index (χ3n) is 0.957. The number of halogens is 1. The van der Waals surface area contributed by atoms with E-state index in [9.17, 15) is 0 Å². The Kier molecular flexibility index (Phi) is 14.0. The summed E-state index contributed by atoms with van der Waals surface area (Å²) in [6.07, 6.45) is 0. The van der Waals surface area contributed by atoms with Crippen molar-refractivity contribution in [1.82, 2.24) is 10.6 Å². The highest BCUT2D eigenvalue weighted by Gasteiger charge is 1.91. The van der Waals surface area contributed by atoms with E-state index in [4.69, 9.17) is 10.1 Å². The van der Waals surface area contributed by atoms with Gasteiger partial charge in [-0.05, 0) is 0 Å². The summed E-state index contributed by atoms with van der Waals surface area (Å²) >= 11 is 0. The monoisotopic (exact) mass is 168 g/mol. The second-order valence-electron chi connectivity index (χ2n) is 1.58. The van der Waals surface area contributed by atoms with Crippen LogP contribution in [0.5, 0.6) is 0 Å². The molecule has 1 saturated heterocycles. The first-order valence-corrected chi connectivity index (χ1v) is 2.82. The van der Waals surface area contributed by atoms with E-state index in [0.717, 1.165) is 26.2 Å². The molecule has 0 spiro atoms. The lowest BCUT2D eigenvalue weighted by Gasteiger charge is -2.11. The lowest BCUT2D eigenvalue weighted by atomic mass is 10.4. The normalized spacial score (nSPS) is 15.6. The molecule has 0 unspecified atom stereocenters. The van der Waals surface area contributed by atoms with E-state index in [-0.39, 0.29) is 17.7 Å². The SMILES string of the molecule is C1CNCCN1.O=[NH+][O-].[Cl-]. The molecule has 0 aromatic rings. The molecule has 1 fully saturated rings. The van der Waals surface area contributed by atoms with Gasteiger partial charge in [-0.25, -0.2) is 0 Å². The van der Waals surface area contributed by atoms with Gasteiger partial charge in [0.25, 0.3) is 0 Å². The van der Waals surface area contributed by atoms with Gasteiger partial charge in [-0.3, -0.25) is 10.1 Å². The minimum atomic E-state index is 0. The van der Waals surface area contributed by atoms with Gasteiger partial charge in [0.2, 0.25) is 0 Å². The summed E-state index contributed by atoms with van der Waals surface area (Å²) < 4.78 is 0. The largest absolute Gasteiger partial charge is 1.00 e. The third kappa shape index (κ3) is 10.6.